The Morgan fingerprint density at radius 1 is 0.367 bits per heavy atom. The van der Waals surface area contributed by atoms with Crippen LogP contribution in [0, 0.1) is 0 Å². The van der Waals surface area contributed by atoms with Gasteiger partial charge in [-0.1, -0.05) is 111 Å². The molecule has 13 rings (SSSR count). The second-order valence-electron chi connectivity index (χ2n) is 15.7. The van der Waals surface area contributed by atoms with Crippen LogP contribution in [0.15, 0.2) is 188 Å². The second kappa shape index (κ2) is 13.5. The molecule has 0 saturated heterocycles. The minimum Gasteiger partial charge on any atom is -0.354 e. The van der Waals surface area contributed by atoms with Crippen molar-refractivity contribution in [2.75, 3.05) is 0 Å². The molecule has 0 bridgehead atoms. The molecule has 60 heavy (non-hydrogen) atoms. The Morgan fingerprint density at radius 3 is 1.52 bits per heavy atom. The Balaban J connectivity index is 0.00000191. The molecule has 0 atom stereocenters. The average molecular weight is 771 g/mol. The summed E-state index contributed by atoms with van der Waals surface area (Å²) in [5.41, 5.74) is 15.6. The van der Waals surface area contributed by atoms with Gasteiger partial charge in [-0.05, 0) is 115 Å². The highest BCUT2D eigenvalue weighted by Crippen LogP contribution is 2.42. The number of para-hydroxylation sites is 4. The van der Waals surface area contributed by atoms with E-state index in [0.717, 1.165) is 35.2 Å². The van der Waals surface area contributed by atoms with Gasteiger partial charge >= 0.3 is 0 Å². The first-order valence-corrected chi connectivity index (χ1v) is 21.3. The Bertz CT molecular complexity index is 3720. The number of aromatic nitrogens is 4. The molecule has 0 spiro atoms. The standard InChI is InChI=1S/C54H36N4.C2H6/c1-4-14-36(15-5-1)56-49-22-12-10-20-39(49)44-30-42-41-28-34(24-26-47(41)55-48(42)32-52(44)56)35-25-27-51-43(29-35)46-31-45-40-21-11-13-23-50(40)57(37-16-6-2-7-17-37)53(45)33-54(46)58(51)38-18-8-3-9-19-38;1-2/h2-4,6-33,55H,1,5H2;1-2H3. The second-order valence-corrected chi connectivity index (χ2v) is 15.7. The minimum absolute atomic E-state index is 1.07. The van der Waals surface area contributed by atoms with Gasteiger partial charge in [0.25, 0.3) is 0 Å². The summed E-state index contributed by atoms with van der Waals surface area (Å²) in [6.45, 7) is 4.00. The molecule has 4 nitrogen and oxygen atoms in total. The Morgan fingerprint density at radius 2 is 0.867 bits per heavy atom. The molecule has 1 N–H and O–H groups in total. The van der Waals surface area contributed by atoms with E-state index in [1.165, 1.54) is 93.0 Å². The van der Waals surface area contributed by atoms with Crippen molar-refractivity contribution in [1.82, 2.24) is 18.7 Å². The lowest BCUT2D eigenvalue weighted by atomic mass is 10.00. The summed E-state index contributed by atoms with van der Waals surface area (Å²) in [4.78, 5) is 3.79. The highest BCUT2D eigenvalue weighted by molar-refractivity contribution is 6.21. The third kappa shape index (κ3) is 5.04. The van der Waals surface area contributed by atoms with Gasteiger partial charge in [0.1, 0.15) is 0 Å². The number of allylic oxidation sites excluding steroid dienone is 4. The van der Waals surface area contributed by atoms with Gasteiger partial charge in [0.15, 0.2) is 0 Å². The fourth-order valence-electron chi connectivity index (χ4n) is 9.96. The molecule has 0 saturated carbocycles. The highest BCUT2D eigenvalue weighted by Gasteiger charge is 2.20. The van der Waals surface area contributed by atoms with Crippen LogP contribution in [-0.2, 0) is 0 Å². The predicted molar refractivity (Wildman–Crippen MR) is 257 cm³/mol. The van der Waals surface area contributed by atoms with E-state index in [-0.39, 0.29) is 0 Å². The molecule has 4 heteroatoms. The van der Waals surface area contributed by atoms with Crippen LogP contribution in [0.2, 0.25) is 0 Å². The number of H-pyrrole nitrogens is 1. The molecule has 0 unspecified atom stereocenters. The van der Waals surface area contributed by atoms with E-state index in [2.05, 4.69) is 207 Å². The van der Waals surface area contributed by atoms with E-state index in [0.29, 0.717) is 0 Å². The van der Waals surface area contributed by atoms with E-state index in [1.807, 2.05) is 13.8 Å². The maximum absolute atomic E-state index is 3.79. The van der Waals surface area contributed by atoms with Crippen LogP contribution >= 0.6 is 0 Å². The number of hydrogen-bond donors (Lipinski definition) is 1. The number of aromatic amines is 1. The molecule has 1 aliphatic rings. The van der Waals surface area contributed by atoms with Gasteiger partial charge < -0.3 is 18.7 Å². The molecule has 0 radical (unpaired) electrons. The van der Waals surface area contributed by atoms with Crippen molar-refractivity contribution in [3.8, 4) is 22.5 Å². The monoisotopic (exact) mass is 770 g/mol. The van der Waals surface area contributed by atoms with Crippen LogP contribution < -0.4 is 0 Å². The van der Waals surface area contributed by atoms with Crippen molar-refractivity contribution in [2.24, 2.45) is 0 Å². The topological polar surface area (TPSA) is 30.6 Å². The molecule has 1 aliphatic carbocycles. The maximum atomic E-state index is 3.79. The number of rotatable bonds is 4. The third-order valence-electron chi connectivity index (χ3n) is 12.5. The summed E-state index contributed by atoms with van der Waals surface area (Å²) in [5.74, 6) is 0. The lowest BCUT2D eigenvalue weighted by molar-refractivity contribution is 1.02. The molecule has 12 aromatic rings. The zero-order chi connectivity index (χ0) is 39.9. The third-order valence-corrected chi connectivity index (χ3v) is 12.5. The number of hydrogen-bond acceptors (Lipinski definition) is 0. The smallest absolute Gasteiger partial charge is 0.0562 e. The van der Waals surface area contributed by atoms with Gasteiger partial charge in [-0.3, -0.25) is 0 Å². The molecule has 8 aromatic carbocycles. The van der Waals surface area contributed by atoms with Crippen LogP contribution in [0.5, 0.6) is 0 Å². The summed E-state index contributed by atoms with van der Waals surface area (Å²) in [6, 6.07) is 62.7. The minimum atomic E-state index is 1.07. The van der Waals surface area contributed by atoms with Gasteiger partial charge in [0, 0.05) is 71.2 Å². The molecular formula is C56H42N4. The maximum Gasteiger partial charge on any atom is 0.0562 e. The van der Waals surface area contributed by atoms with E-state index < -0.39 is 0 Å². The molecule has 0 aliphatic heterocycles. The number of nitrogens with zero attached hydrogens (tertiary/aromatic N) is 3. The molecule has 4 aromatic heterocycles. The first-order valence-electron chi connectivity index (χ1n) is 21.3. The lowest BCUT2D eigenvalue weighted by Crippen LogP contribution is -1.96. The fourth-order valence-corrected chi connectivity index (χ4v) is 9.96. The summed E-state index contributed by atoms with van der Waals surface area (Å²) >= 11 is 0. The Labute approximate surface area is 347 Å². The SMILES string of the molecule is C1=CC(n2c3ccccc3c3cc4c(cc32)[nH]c2ccc(-c3ccc5c(c3)c3cc6c7ccccc7n(-c7ccccc7)c6cc3n5-c3ccccc3)cc24)=CCC1.CC. The highest BCUT2D eigenvalue weighted by atomic mass is 15.0. The average Bonchev–Trinajstić information content (AvgIpc) is 4.04. The quantitative estimate of drug-likeness (QED) is 0.185. The first-order chi connectivity index (χ1) is 29.8. The van der Waals surface area contributed by atoms with Gasteiger partial charge in [0.05, 0.1) is 33.1 Å². The van der Waals surface area contributed by atoms with Crippen molar-refractivity contribution in [3.63, 3.8) is 0 Å². The van der Waals surface area contributed by atoms with Crippen molar-refractivity contribution < 1.29 is 0 Å². The van der Waals surface area contributed by atoms with Crippen molar-refractivity contribution >= 4 is 92.9 Å². The van der Waals surface area contributed by atoms with Crippen LogP contribution in [0.25, 0.3) is 115 Å². The molecule has 0 fully saturated rings. The van der Waals surface area contributed by atoms with E-state index in [4.69, 9.17) is 0 Å². The van der Waals surface area contributed by atoms with Crippen molar-refractivity contribution in [3.05, 3.63) is 188 Å². The fraction of sp³-hybridized carbons (Fsp3) is 0.0714. The molecule has 0 amide bonds. The van der Waals surface area contributed by atoms with E-state index >= 15 is 0 Å². The molecule has 4 heterocycles. The summed E-state index contributed by atoms with van der Waals surface area (Å²) in [6.07, 6.45) is 9.10. The Kier molecular flexibility index (Phi) is 7.76. The van der Waals surface area contributed by atoms with Crippen LogP contribution in [0.1, 0.15) is 26.7 Å². The van der Waals surface area contributed by atoms with E-state index in [9.17, 15) is 0 Å². The summed E-state index contributed by atoms with van der Waals surface area (Å²) in [5, 5.41) is 10.1. The lowest BCUT2D eigenvalue weighted by Gasteiger charge is -2.12. The number of nitrogens with one attached hydrogen (secondary N) is 1. The van der Waals surface area contributed by atoms with Gasteiger partial charge in [-0.15, -0.1) is 0 Å². The molecular weight excluding hydrogens is 729 g/mol. The zero-order valence-corrected chi connectivity index (χ0v) is 33.7. The normalized spacial score (nSPS) is 13.1. The van der Waals surface area contributed by atoms with Crippen molar-refractivity contribution in [2.45, 2.75) is 26.7 Å². The number of benzene rings is 8. The summed E-state index contributed by atoms with van der Waals surface area (Å²) < 4.78 is 7.28. The van der Waals surface area contributed by atoms with Crippen LogP contribution in [0.3, 0.4) is 0 Å². The van der Waals surface area contributed by atoms with Crippen LogP contribution in [0.4, 0.5) is 0 Å². The molecule has 286 valence electrons. The van der Waals surface area contributed by atoms with Crippen molar-refractivity contribution in [1.29, 1.82) is 0 Å². The van der Waals surface area contributed by atoms with Gasteiger partial charge in [-0.25, -0.2) is 0 Å². The van der Waals surface area contributed by atoms with Gasteiger partial charge in [-0.2, -0.15) is 0 Å². The largest absolute Gasteiger partial charge is 0.354 e. The Hall–Kier alpha value is -7.56. The summed E-state index contributed by atoms with van der Waals surface area (Å²) in [7, 11) is 0. The van der Waals surface area contributed by atoms with Crippen LogP contribution in [-0.4, -0.2) is 18.7 Å². The first kappa shape index (κ1) is 34.5. The number of fused-ring (bicyclic) bond motifs is 12. The zero-order valence-electron chi connectivity index (χ0n) is 33.7. The van der Waals surface area contributed by atoms with Gasteiger partial charge in [0.2, 0.25) is 0 Å². The van der Waals surface area contributed by atoms with E-state index in [1.54, 1.807) is 0 Å². The predicted octanol–water partition coefficient (Wildman–Crippen LogP) is 15.5.